The zero-order chi connectivity index (χ0) is 14.5. The molecule has 0 amide bonds. The molecule has 0 unspecified atom stereocenters. The average molecular weight is 273 g/mol. The molecule has 0 spiro atoms. The Bertz CT molecular complexity index is 600. The van der Waals surface area contributed by atoms with Crippen LogP contribution in [0.5, 0.6) is 11.5 Å². The Labute approximate surface area is 119 Å². The number of benzene rings is 1. The molecule has 5 nitrogen and oxygen atoms in total. The summed E-state index contributed by atoms with van der Waals surface area (Å²) in [5.41, 5.74) is 1.75. The van der Waals surface area contributed by atoms with Crippen LogP contribution in [0.15, 0.2) is 24.3 Å². The topological polar surface area (TPSA) is 56.3 Å². The number of aryl methyl sites for hydroxylation is 1. The number of rotatable bonds is 5. The molecule has 2 rings (SSSR count). The van der Waals surface area contributed by atoms with Gasteiger partial charge < -0.3 is 14.8 Å². The van der Waals surface area contributed by atoms with Gasteiger partial charge in [0, 0.05) is 24.4 Å². The second-order valence-electron chi connectivity index (χ2n) is 4.31. The van der Waals surface area contributed by atoms with Crippen molar-refractivity contribution in [2.45, 2.75) is 13.8 Å². The second-order valence-corrected chi connectivity index (χ2v) is 4.31. The summed E-state index contributed by atoms with van der Waals surface area (Å²) < 4.78 is 10.6. The van der Waals surface area contributed by atoms with Gasteiger partial charge in [-0.05, 0) is 26.0 Å². The molecule has 20 heavy (non-hydrogen) atoms. The van der Waals surface area contributed by atoms with E-state index in [-0.39, 0.29) is 0 Å². The molecule has 2 aromatic rings. The Morgan fingerprint density at radius 3 is 2.55 bits per heavy atom. The number of aromatic nitrogens is 2. The van der Waals surface area contributed by atoms with Crippen LogP contribution < -0.4 is 14.8 Å². The molecule has 0 aliphatic rings. The van der Waals surface area contributed by atoms with Crippen LogP contribution in [-0.2, 0) is 0 Å². The lowest BCUT2D eigenvalue weighted by molar-refractivity contribution is 0.395. The van der Waals surface area contributed by atoms with Gasteiger partial charge in [-0.2, -0.15) is 0 Å². The van der Waals surface area contributed by atoms with Crippen LogP contribution in [0, 0.1) is 6.92 Å². The van der Waals surface area contributed by atoms with E-state index < -0.39 is 0 Å². The lowest BCUT2D eigenvalue weighted by Gasteiger charge is -2.11. The molecule has 1 N–H and O–H groups in total. The van der Waals surface area contributed by atoms with Gasteiger partial charge in [-0.15, -0.1) is 0 Å². The zero-order valence-corrected chi connectivity index (χ0v) is 12.2. The summed E-state index contributed by atoms with van der Waals surface area (Å²) in [5.74, 6) is 2.89. The molecular weight excluding hydrogens is 254 g/mol. The monoisotopic (exact) mass is 273 g/mol. The van der Waals surface area contributed by atoms with E-state index in [9.17, 15) is 0 Å². The molecule has 5 heteroatoms. The standard InChI is InChI=1S/C15H19N3O2/c1-5-16-14-8-10(2)17-15(18-14)12-7-6-11(19-3)9-13(12)20-4/h6-9H,5H2,1-4H3,(H,16,17,18). The molecule has 1 aromatic carbocycles. The summed E-state index contributed by atoms with van der Waals surface area (Å²) in [4.78, 5) is 8.99. The van der Waals surface area contributed by atoms with Gasteiger partial charge in [0.05, 0.1) is 19.8 Å². The quantitative estimate of drug-likeness (QED) is 0.907. The summed E-state index contributed by atoms with van der Waals surface area (Å²) in [7, 11) is 3.25. The van der Waals surface area contributed by atoms with Crippen LogP contribution in [-0.4, -0.2) is 30.7 Å². The zero-order valence-electron chi connectivity index (χ0n) is 12.2. The number of ether oxygens (including phenoxy) is 2. The lowest BCUT2D eigenvalue weighted by atomic mass is 10.1. The third kappa shape index (κ3) is 2.99. The van der Waals surface area contributed by atoms with Crippen LogP contribution in [0.25, 0.3) is 11.4 Å². The first-order valence-corrected chi connectivity index (χ1v) is 6.50. The van der Waals surface area contributed by atoms with Gasteiger partial charge in [-0.25, -0.2) is 9.97 Å². The Hall–Kier alpha value is -2.30. The van der Waals surface area contributed by atoms with E-state index >= 15 is 0 Å². The van der Waals surface area contributed by atoms with E-state index in [1.807, 2.05) is 38.1 Å². The minimum atomic E-state index is 0.639. The first-order valence-electron chi connectivity index (χ1n) is 6.50. The summed E-state index contributed by atoms with van der Waals surface area (Å²) in [6, 6.07) is 7.52. The fraction of sp³-hybridized carbons (Fsp3) is 0.333. The van der Waals surface area contributed by atoms with Crippen molar-refractivity contribution in [3.63, 3.8) is 0 Å². The van der Waals surface area contributed by atoms with E-state index in [4.69, 9.17) is 9.47 Å². The smallest absolute Gasteiger partial charge is 0.165 e. The normalized spacial score (nSPS) is 10.2. The largest absolute Gasteiger partial charge is 0.497 e. The van der Waals surface area contributed by atoms with E-state index in [1.54, 1.807) is 14.2 Å². The van der Waals surface area contributed by atoms with Gasteiger partial charge in [0.1, 0.15) is 17.3 Å². The highest BCUT2D eigenvalue weighted by Crippen LogP contribution is 2.31. The fourth-order valence-corrected chi connectivity index (χ4v) is 1.94. The molecular formula is C15H19N3O2. The van der Waals surface area contributed by atoms with Crippen LogP contribution in [0.3, 0.4) is 0 Å². The highest BCUT2D eigenvalue weighted by molar-refractivity contribution is 5.67. The van der Waals surface area contributed by atoms with Crippen LogP contribution in [0.1, 0.15) is 12.6 Å². The van der Waals surface area contributed by atoms with Gasteiger partial charge in [0.25, 0.3) is 0 Å². The highest BCUT2D eigenvalue weighted by atomic mass is 16.5. The lowest BCUT2D eigenvalue weighted by Crippen LogP contribution is -2.03. The molecule has 1 aromatic heterocycles. The van der Waals surface area contributed by atoms with E-state index in [0.717, 1.165) is 29.4 Å². The minimum Gasteiger partial charge on any atom is -0.497 e. The average Bonchev–Trinajstić information content (AvgIpc) is 2.46. The van der Waals surface area contributed by atoms with E-state index in [0.29, 0.717) is 11.6 Å². The van der Waals surface area contributed by atoms with Crippen molar-refractivity contribution in [3.8, 4) is 22.9 Å². The van der Waals surface area contributed by atoms with Crippen molar-refractivity contribution in [2.24, 2.45) is 0 Å². The first-order chi connectivity index (χ1) is 9.67. The number of nitrogens with zero attached hydrogens (tertiary/aromatic N) is 2. The maximum absolute atomic E-state index is 5.40. The van der Waals surface area contributed by atoms with Crippen molar-refractivity contribution in [3.05, 3.63) is 30.0 Å². The summed E-state index contributed by atoms with van der Waals surface area (Å²) >= 11 is 0. The molecule has 0 aliphatic carbocycles. The fourth-order valence-electron chi connectivity index (χ4n) is 1.94. The Morgan fingerprint density at radius 2 is 1.90 bits per heavy atom. The Kier molecular flexibility index (Phi) is 4.40. The van der Waals surface area contributed by atoms with Gasteiger partial charge in [-0.1, -0.05) is 0 Å². The summed E-state index contributed by atoms with van der Waals surface area (Å²) in [6.45, 7) is 4.79. The highest BCUT2D eigenvalue weighted by Gasteiger charge is 2.11. The van der Waals surface area contributed by atoms with Crippen molar-refractivity contribution < 1.29 is 9.47 Å². The molecule has 0 atom stereocenters. The van der Waals surface area contributed by atoms with Crippen LogP contribution in [0.2, 0.25) is 0 Å². The third-order valence-corrected chi connectivity index (χ3v) is 2.86. The summed E-state index contributed by atoms with van der Waals surface area (Å²) in [5, 5.41) is 3.20. The maximum Gasteiger partial charge on any atom is 0.165 e. The minimum absolute atomic E-state index is 0.639. The number of anilines is 1. The third-order valence-electron chi connectivity index (χ3n) is 2.86. The number of hydrogen-bond acceptors (Lipinski definition) is 5. The van der Waals surface area contributed by atoms with Gasteiger partial charge in [0.2, 0.25) is 0 Å². The van der Waals surface area contributed by atoms with Gasteiger partial charge in [-0.3, -0.25) is 0 Å². The van der Waals surface area contributed by atoms with Crippen molar-refractivity contribution >= 4 is 5.82 Å². The second kappa shape index (κ2) is 6.23. The maximum atomic E-state index is 5.40. The molecule has 106 valence electrons. The Morgan fingerprint density at radius 1 is 1.10 bits per heavy atom. The van der Waals surface area contributed by atoms with Crippen molar-refractivity contribution in [2.75, 3.05) is 26.1 Å². The predicted molar refractivity (Wildman–Crippen MR) is 79.5 cm³/mol. The van der Waals surface area contributed by atoms with Crippen LogP contribution in [0.4, 0.5) is 5.82 Å². The van der Waals surface area contributed by atoms with Crippen LogP contribution >= 0.6 is 0 Å². The molecule has 0 saturated heterocycles. The number of nitrogens with one attached hydrogen (secondary N) is 1. The van der Waals surface area contributed by atoms with Gasteiger partial charge >= 0.3 is 0 Å². The number of methoxy groups -OCH3 is 2. The van der Waals surface area contributed by atoms with Crippen molar-refractivity contribution in [1.82, 2.24) is 9.97 Å². The molecule has 0 bridgehead atoms. The molecule has 0 aliphatic heterocycles. The molecule has 0 fully saturated rings. The first kappa shape index (κ1) is 14.1. The van der Waals surface area contributed by atoms with E-state index in [1.165, 1.54) is 0 Å². The molecule has 1 heterocycles. The van der Waals surface area contributed by atoms with E-state index in [2.05, 4.69) is 15.3 Å². The SMILES string of the molecule is CCNc1cc(C)nc(-c2ccc(OC)cc2OC)n1. The van der Waals surface area contributed by atoms with Gasteiger partial charge in [0.15, 0.2) is 5.82 Å². The van der Waals surface area contributed by atoms with Crippen molar-refractivity contribution in [1.29, 1.82) is 0 Å². The molecule has 0 saturated carbocycles. The Balaban J connectivity index is 2.50. The molecule has 0 radical (unpaired) electrons. The summed E-state index contributed by atoms with van der Waals surface area (Å²) in [6.07, 6.45) is 0. The number of hydrogen-bond donors (Lipinski definition) is 1. The predicted octanol–water partition coefficient (Wildman–Crippen LogP) is 2.90.